The Hall–Kier alpha value is -1.70. The van der Waals surface area contributed by atoms with E-state index in [1.807, 2.05) is 0 Å². The lowest BCUT2D eigenvalue weighted by molar-refractivity contribution is 0.341. The van der Waals surface area contributed by atoms with Crippen LogP contribution in [-0.4, -0.2) is 41.5 Å². The molecule has 1 aromatic rings. The molecule has 0 aliphatic carbocycles. The molecule has 0 unspecified atom stereocenters. The van der Waals surface area contributed by atoms with Crippen LogP contribution in [0.25, 0.3) is 0 Å². The molecule has 0 fully saturated rings. The maximum absolute atomic E-state index is 4.85. The summed E-state index contributed by atoms with van der Waals surface area (Å²) in [7, 11) is 4.31. The van der Waals surface area contributed by atoms with Gasteiger partial charge in [0.15, 0.2) is 0 Å². The largest absolute Gasteiger partial charge is 0.474 e. The normalized spacial score (nSPS) is 9.27. The standard InChI is InChI=1S/C7H10N4O3S/c1-12-5-8-4(10-7(15)14-3)9-6(11-5)13-2/h1-3H3,(H,8,9,10,11,15). The van der Waals surface area contributed by atoms with E-state index < -0.39 is 0 Å². The highest BCUT2D eigenvalue weighted by atomic mass is 32.1. The van der Waals surface area contributed by atoms with E-state index >= 15 is 0 Å². The summed E-state index contributed by atoms with van der Waals surface area (Å²) in [6.45, 7) is 0. The maximum atomic E-state index is 4.85. The molecular formula is C7H10N4O3S. The Kier molecular flexibility index (Phi) is 3.98. The SMILES string of the molecule is COC(=S)Nc1nc(OC)nc(OC)n1. The summed E-state index contributed by atoms with van der Waals surface area (Å²) in [5.41, 5.74) is 0. The molecule has 15 heavy (non-hydrogen) atoms. The molecule has 0 amide bonds. The molecule has 7 nitrogen and oxygen atoms in total. The number of aromatic nitrogens is 3. The first-order chi connectivity index (χ1) is 7.19. The lowest BCUT2D eigenvalue weighted by Crippen LogP contribution is -2.14. The number of rotatable bonds is 3. The summed E-state index contributed by atoms with van der Waals surface area (Å²) in [5.74, 6) is 0.200. The van der Waals surface area contributed by atoms with Gasteiger partial charge in [-0.05, 0) is 12.2 Å². The molecule has 0 saturated heterocycles. The van der Waals surface area contributed by atoms with E-state index in [4.69, 9.17) is 26.4 Å². The second-order valence-electron chi connectivity index (χ2n) is 2.25. The molecule has 0 aliphatic heterocycles. The van der Waals surface area contributed by atoms with E-state index in [1.54, 1.807) is 0 Å². The van der Waals surface area contributed by atoms with E-state index in [1.165, 1.54) is 21.3 Å². The summed E-state index contributed by atoms with van der Waals surface area (Å²) in [6, 6.07) is 0.256. The van der Waals surface area contributed by atoms with Gasteiger partial charge in [0.25, 0.3) is 5.17 Å². The minimum Gasteiger partial charge on any atom is -0.474 e. The molecule has 8 heteroatoms. The summed E-state index contributed by atoms with van der Waals surface area (Å²) >= 11 is 4.78. The van der Waals surface area contributed by atoms with Crippen molar-refractivity contribution in [2.45, 2.75) is 0 Å². The fourth-order valence-electron chi connectivity index (χ4n) is 0.719. The van der Waals surface area contributed by atoms with Crippen molar-refractivity contribution in [3.8, 4) is 12.0 Å². The highest BCUT2D eigenvalue weighted by molar-refractivity contribution is 7.80. The Morgan fingerprint density at radius 1 is 1.07 bits per heavy atom. The quantitative estimate of drug-likeness (QED) is 0.739. The Morgan fingerprint density at radius 3 is 2.00 bits per heavy atom. The number of thiocarbonyl (C=S) groups is 1. The van der Waals surface area contributed by atoms with E-state index in [-0.39, 0.29) is 23.1 Å². The number of nitrogens with zero attached hydrogens (tertiary/aromatic N) is 3. The molecule has 82 valence electrons. The molecule has 0 bridgehead atoms. The number of ether oxygens (including phenoxy) is 3. The lowest BCUT2D eigenvalue weighted by atomic mass is 10.8. The fourth-order valence-corrected chi connectivity index (χ4v) is 0.810. The van der Waals surface area contributed by atoms with Gasteiger partial charge in [-0.3, -0.25) is 5.32 Å². The van der Waals surface area contributed by atoms with Gasteiger partial charge in [0.2, 0.25) is 5.95 Å². The van der Waals surface area contributed by atoms with Gasteiger partial charge in [-0.1, -0.05) is 0 Å². The highest BCUT2D eigenvalue weighted by Crippen LogP contribution is 2.11. The average molecular weight is 230 g/mol. The van der Waals surface area contributed by atoms with Crippen LogP contribution >= 0.6 is 12.2 Å². The molecule has 0 atom stereocenters. The molecular weight excluding hydrogens is 220 g/mol. The van der Waals surface area contributed by atoms with Crippen LogP contribution < -0.4 is 14.8 Å². The zero-order chi connectivity index (χ0) is 11.3. The molecule has 0 radical (unpaired) electrons. The molecule has 1 rings (SSSR count). The van der Waals surface area contributed by atoms with Crippen LogP contribution in [0.5, 0.6) is 12.0 Å². The first-order valence-corrected chi connectivity index (χ1v) is 4.29. The zero-order valence-corrected chi connectivity index (χ0v) is 9.29. The van der Waals surface area contributed by atoms with Crippen LogP contribution in [0.15, 0.2) is 0 Å². The maximum Gasteiger partial charge on any atom is 0.324 e. The summed E-state index contributed by atoms with van der Waals surface area (Å²) in [4.78, 5) is 11.6. The van der Waals surface area contributed by atoms with Crippen LogP contribution in [0.4, 0.5) is 5.95 Å². The van der Waals surface area contributed by atoms with Gasteiger partial charge in [0, 0.05) is 0 Å². The number of methoxy groups -OCH3 is 3. The molecule has 1 N–H and O–H groups in total. The zero-order valence-electron chi connectivity index (χ0n) is 8.47. The third-order valence-corrected chi connectivity index (χ3v) is 1.63. The van der Waals surface area contributed by atoms with Crippen molar-refractivity contribution in [1.82, 2.24) is 15.0 Å². The van der Waals surface area contributed by atoms with Crippen LogP contribution in [0, 0.1) is 0 Å². The van der Waals surface area contributed by atoms with E-state index in [0.717, 1.165) is 0 Å². The van der Waals surface area contributed by atoms with Crippen molar-refractivity contribution in [2.75, 3.05) is 26.6 Å². The molecule has 1 heterocycles. The van der Waals surface area contributed by atoms with E-state index in [2.05, 4.69) is 20.3 Å². The molecule has 0 aromatic carbocycles. The predicted molar refractivity (Wildman–Crippen MR) is 56.2 cm³/mol. The summed E-state index contributed by atoms with van der Waals surface area (Å²) < 4.78 is 14.4. The minimum atomic E-state index is 0.128. The number of nitrogens with one attached hydrogen (secondary N) is 1. The lowest BCUT2D eigenvalue weighted by Gasteiger charge is -2.06. The number of hydrogen-bond donors (Lipinski definition) is 1. The van der Waals surface area contributed by atoms with Gasteiger partial charge in [0.1, 0.15) is 0 Å². The number of anilines is 1. The van der Waals surface area contributed by atoms with Crippen molar-refractivity contribution < 1.29 is 14.2 Å². The highest BCUT2D eigenvalue weighted by Gasteiger charge is 2.07. The van der Waals surface area contributed by atoms with Crippen LogP contribution in [0.3, 0.4) is 0 Å². The van der Waals surface area contributed by atoms with Gasteiger partial charge in [-0.25, -0.2) is 0 Å². The van der Waals surface area contributed by atoms with Crippen LogP contribution in [0.2, 0.25) is 0 Å². The first kappa shape index (κ1) is 11.4. The van der Waals surface area contributed by atoms with Crippen molar-refractivity contribution in [2.24, 2.45) is 0 Å². The van der Waals surface area contributed by atoms with E-state index in [0.29, 0.717) is 0 Å². The molecule has 0 saturated carbocycles. The Morgan fingerprint density at radius 2 is 1.60 bits per heavy atom. The van der Waals surface area contributed by atoms with Gasteiger partial charge in [-0.2, -0.15) is 9.97 Å². The number of hydrogen-bond acceptors (Lipinski definition) is 7. The Balaban J connectivity index is 2.91. The summed E-state index contributed by atoms with van der Waals surface area (Å²) in [6.07, 6.45) is 0. The topological polar surface area (TPSA) is 78.4 Å². The van der Waals surface area contributed by atoms with Gasteiger partial charge in [0.05, 0.1) is 21.3 Å². The summed E-state index contributed by atoms with van der Waals surface area (Å²) in [5, 5.41) is 2.77. The molecule has 1 aromatic heterocycles. The Labute approximate surface area is 91.8 Å². The Bertz CT molecular complexity index is 338. The van der Waals surface area contributed by atoms with Gasteiger partial charge in [-0.15, -0.1) is 4.98 Å². The van der Waals surface area contributed by atoms with Crippen molar-refractivity contribution in [1.29, 1.82) is 0 Å². The van der Waals surface area contributed by atoms with Crippen molar-refractivity contribution in [3.05, 3.63) is 0 Å². The van der Waals surface area contributed by atoms with Crippen LogP contribution in [0.1, 0.15) is 0 Å². The molecule has 0 aliphatic rings. The minimum absolute atomic E-state index is 0.128. The molecule has 0 spiro atoms. The smallest absolute Gasteiger partial charge is 0.324 e. The average Bonchev–Trinajstić information content (AvgIpc) is 2.28. The second kappa shape index (κ2) is 5.25. The third-order valence-electron chi connectivity index (χ3n) is 1.36. The van der Waals surface area contributed by atoms with Gasteiger partial charge >= 0.3 is 12.0 Å². The van der Waals surface area contributed by atoms with Crippen LogP contribution in [-0.2, 0) is 4.74 Å². The van der Waals surface area contributed by atoms with Gasteiger partial charge < -0.3 is 14.2 Å². The van der Waals surface area contributed by atoms with E-state index in [9.17, 15) is 0 Å². The second-order valence-corrected chi connectivity index (χ2v) is 2.62. The van der Waals surface area contributed by atoms with Crippen molar-refractivity contribution in [3.63, 3.8) is 0 Å². The van der Waals surface area contributed by atoms with Crippen molar-refractivity contribution >= 4 is 23.3 Å². The first-order valence-electron chi connectivity index (χ1n) is 3.88. The third kappa shape index (κ3) is 3.17. The fraction of sp³-hybridized carbons (Fsp3) is 0.429. The monoisotopic (exact) mass is 230 g/mol. The predicted octanol–water partition coefficient (Wildman–Crippen LogP) is 0.232.